The van der Waals surface area contributed by atoms with Crippen molar-refractivity contribution in [1.29, 1.82) is 5.26 Å². The average molecular weight is 449 g/mol. The number of hydrogen-bond donors (Lipinski definition) is 0. The predicted molar refractivity (Wildman–Crippen MR) is 123 cm³/mol. The first-order valence-electron chi connectivity index (χ1n) is 11.1. The Kier molecular flexibility index (Phi) is 5.79. The molecule has 0 radical (unpaired) electrons. The van der Waals surface area contributed by atoms with Crippen LogP contribution in [0.4, 0.5) is 16.2 Å². The summed E-state index contributed by atoms with van der Waals surface area (Å²) in [5.41, 5.74) is 1.84. The molecule has 9 heteroatoms. The first-order chi connectivity index (χ1) is 16.0. The first kappa shape index (κ1) is 21.5. The third kappa shape index (κ3) is 4.08. The fourth-order valence-corrected chi connectivity index (χ4v) is 4.33. The van der Waals surface area contributed by atoms with E-state index in [9.17, 15) is 9.65 Å². The van der Waals surface area contributed by atoms with E-state index >= 15 is 0 Å². The van der Waals surface area contributed by atoms with E-state index in [1.807, 2.05) is 18.2 Å². The number of hydrogen-bond acceptors (Lipinski definition) is 8. The molecule has 33 heavy (non-hydrogen) atoms. The Labute approximate surface area is 191 Å². The monoisotopic (exact) mass is 448 g/mol. The Bertz CT molecular complexity index is 1230. The molecule has 5 rings (SSSR count). The smallest absolute Gasteiger partial charge is 0.229 e. The van der Waals surface area contributed by atoms with Gasteiger partial charge in [-0.25, -0.2) is 9.37 Å². The Morgan fingerprint density at radius 1 is 0.970 bits per heavy atom. The van der Waals surface area contributed by atoms with Crippen molar-refractivity contribution in [3.63, 3.8) is 0 Å². The van der Waals surface area contributed by atoms with Crippen LogP contribution in [-0.4, -0.2) is 66.6 Å². The number of rotatable bonds is 3. The van der Waals surface area contributed by atoms with Crippen molar-refractivity contribution >= 4 is 22.8 Å². The number of aromatic nitrogens is 3. The van der Waals surface area contributed by atoms with Crippen LogP contribution in [0.25, 0.3) is 22.3 Å². The SMILES string of the molecule is C[C@H]1COCCN1c1nc(N2CCOC[C@@H]2C)c2ccc(-c3ccc(F)c(C#N)c3)nc2n1. The van der Waals surface area contributed by atoms with Gasteiger partial charge in [0.15, 0.2) is 5.65 Å². The Balaban J connectivity index is 1.66. The molecule has 1 aromatic carbocycles. The number of halogens is 1. The van der Waals surface area contributed by atoms with Crippen molar-refractivity contribution in [3.05, 3.63) is 41.7 Å². The van der Waals surface area contributed by atoms with Crippen LogP contribution < -0.4 is 9.80 Å². The molecule has 0 amide bonds. The van der Waals surface area contributed by atoms with E-state index in [0.717, 1.165) is 17.7 Å². The van der Waals surface area contributed by atoms with Crippen LogP contribution in [-0.2, 0) is 9.47 Å². The zero-order valence-corrected chi connectivity index (χ0v) is 18.7. The van der Waals surface area contributed by atoms with Gasteiger partial charge in [-0.15, -0.1) is 0 Å². The minimum absolute atomic E-state index is 0.0113. The molecule has 2 atom stereocenters. The number of anilines is 2. The van der Waals surface area contributed by atoms with E-state index in [2.05, 4.69) is 23.6 Å². The second kappa shape index (κ2) is 8.89. The second-order valence-electron chi connectivity index (χ2n) is 8.46. The summed E-state index contributed by atoms with van der Waals surface area (Å²) in [6, 6.07) is 10.5. The lowest BCUT2D eigenvalue weighted by molar-refractivity contribution is 0.0973. The second-order valence-corrected chi connectivity index (χ2v) is 8.46. The maximum atomic E-state index is 13.8. The molecule has 0 bridgehead atoms. The normalized spacial score (nSPS) is 21.3. The highest BCUT2D eigenvalue weighted by Gasteiger charge is 2.27. The zero-order chi connectivity index (χ0) is 22.9. The summed E-state index contributed by atoms with van der Waals surface area (Å²) in [5, 5.41) is 10.1. The molecule has 0 N–H and O–H groups in total. The van der Waals surface area contributed by atoms with Gasteiger partial charge in [0, 0.05) is 18.7 Å². The van der Waals surface area contributed by atoms with Gasteiger partial charge >= 0.3 is 0 Å². The summed E-state index contributed by atoms with van der Waals surface area (Å²) >= 11 is 0. The Hall–Kier alpha value is -3.35. The minimum atomic E-state index is -0.545. The molecular formula is C24H25FN6O2. The number of ether oxygens (including phenoxy) is 2. The fraction of sp³-hybridized carbons (Fsp3) is 0.417. The van der Waals surface area contributed by atoms with Gasteiger partial charge in [-0.1, -0.05) is 0 Å². The molecule has 8 nitrogen and oxygen atoms in total. The lowest BCUT2D eigenvalue weighted by Gasteiger charge is -2.37. The van der Waals surface area contributed by atoms with E-state index < -0.39 is 5.82 Å². The summed E-state index contributed by atoms with van der Waals surface area (Å²) in [5.74, 6) is 0.908. The van der Waals surface area contributed by atoms with Crippen LogP contribution in [0, 0.1) is 17.1 Å². The summed E-state index contributed by atoms with van der Waals surface area (Å²) in [7, 11) is 0. The molecule has 2 fully saturated rings. The number of nitriles is 1. The minimum Gasteiger partial charge on any atom is -0.377 e. The summed E-state index contributed by atoms with van der Waals surface area (Å²) in [4.78, 5) is 19.0. The van der Waals surface area contributed by atoms with Gasteiger partial charge in [-0.2, -0.15) is 15.2 Å². The van der Waals surface area contributed by atoms with Crippen molar-refractivity contribution in [1.82, 2.24) is 15.0 Å². The average Bonchev–Trinajstić information content (AvgIpc) is 2.84. The van der Waals surface area contributed by atoms with Crippen molar-refractivity contribution in [2.75, 3.05) is 49.3 Å². The Morgan fingerprint density at radius 3 is 2.39 bits per heavy atom. The number of benzene rings is 1. The van der Waals surface area contributed by atoms with Gasteiger partial charge in [0.25, 0.3) is 0 Å². The van der Waals surface area contributed by atoms with Gasteiger partial charge in [-0.3, -0.25) is 0 Å². The zero-order valence-electron chi connectivity index (χ0n) is 18.7. The summed E-state index contributed by atoms with van der Waals surface area (Å²) < 4.78 is 25.1. The van der Waals surface area contributed by atoms with Gasteiger partial charge in [-0.05, 0) is 44.2 Å². The summed E-state index contributed by atoms with van der Waals surface area (Å²) in [6.07, 6.45) is 0. The standard InChI is InChI=1S/C24H25FN6O2/c1-15-13-32-9-7-30(15)23-19-4-6-21(17-3-5-20(25)18(11-17)12-26)27-22(19)28-24(29-23)31-8-10-33-14-16(31)2/h3-6,11,15-16H,7-10,13-14H2,1-2H3/t15-,16-/m0/s1. The number of pyridine rings is 1. The van der Waals surface area contributed by atoms with E-state index in [1.54, 1.807) is 6.07 Å². The van der Waals surface area contributed by atoms with Gasteiger partial charge in [0.05, 0.1) is 55.2 Å². The molecule has 0 saturated carbocycles. The van der Waals surface area contributed by atoms with Crippen molar-refractivity contribution in [2.45, 2.75) is 25.9 Å². The number of morpholine rings is 2. The highest BCUT2D eigenvalue weighted by Crippen LogP contribution is 2.31. The van der Waals surface area contributed by atoms with Crippen molar-refractivity contribution < 1.29 is 13.9 Å². The quantitative estimate of drug-likeness (QED) is 0.604. The Morgan fingerprint density at radius 2 is 1.70 bits per heavy atom. The van der Waals surface area contributed by atoms with Gasteiger partial charge < -0.3 is 19.3 Å². The van der Waals surface area contributed by atoms with Crippen LogP contribution in [0.3, 0.4) is 0 Å². The summed E-state index contributed by atoms with van der Waals surface area (Å²) in [6.45, 7) is 8.15. The number of fused-ring (bicyclic) bond motifs is 1. The maximum absolute atomic E-state index is 13.8. The molecule has 3 aromatic rings. The molecule has 2 saturated heterocycles. The van der Waals surface area contributed by atoms with E-state index in [0.29, 0.717) is 55.8 Å². The third-order valence-electron chi connectivity index (χ3n) is 6.17. The largest absolute Gasteiger partial charge is 0.377 e. The van der Waals surface area contributed by atoms with Gasteiger partial charge in [0.1, 0.15) is 17.7 Å². The maximum Gasteiger partial charge on any atom is 0.229 e. The molecule has 0 unspecified atom stereocenters. The lowest BCUT2D eigenvalue weighted by atomic mass is 10.1. The van der Waals surface area contributed by atoms with E-state index in [1.165, 1.54) is 12.1 Å². The van der Waals surface area contributed by atoms with E-state index in [4.69, 9.17) is 24.4 Å². The third-order valence-corrected chi connectivity index (χ3v) is 6.17. The van der Waals surface area contributed by atoms with Crippen molar-refractivity contribution in [3.8, 4) is 17.3 Å². The molecule has 0 aliphatic carbocycles. The lowest BCUT2D eigenvalue weighted by Crippen LogP contribution is -2.46. The van der Waals surface area contributed by atoms with Crippen LogP contribution >= 0.6 is 0 Å². The van der Waals surface area contributed by atoms with E-state index in [-0.39, 0.29) is 17.6 Å². The van der Waals surface area contributed by atoms with Crippen LogP contribution in [0.1, 0.15) is 19.4 Å². The molecule has 170 valence electrons. The van der Waals surface area contributed by atoms with Crippen molar-refractivity contribution in [2.24, 2.45) is 0 Å². The molecular weight excluding hydrogens is 423 g/mol. The highest BCUT2D eigenvalue weighted by atomic mass is 19.1. The molecule has 2 aliphatic rings. The van der Waals surface area contributed by atoms with Gasteiger partial charge in [0.2, 0.25) is 5.95 Å². The predicted octanol–water partition coefficient (Wildman–Crippen LogP) is 3.15. The molecule has 4 heterocycles. The van der Waals surface area contributed by atoms with Crippen LogP contribution in [0.15, 0.2) is 30.3 Å². The van der Waals surface area contributed by atoms with Crippen LogP contribution in [0.2, 0.25) is 0 Å². The highest BCUT2D eigenvalue weighted by molar-refractivity contribution is 5.90. The molecule has 2 aliphatic heterocycles. The van der Waals surface area contributed by atoms with Crippen LogP contribution in [0.5, 0.6) is 0 Å². The first-order valence-corrected chi connectivity index (χ1v) is 11.1. The topological polar surface area (TPSA) is 87.4 Å². The molecule has 2 aromatic heterocycles. The molecule has 0 spiro atoms. The fourth-order valence-electron chi connectivity index (χ4n) is 4.33. The number of nitrogens with zero attached hydrogens (tertiary/aromatic N) is 6.